The standard InChI is InChI=1S/C14H16ClN3O5S/c1-8-2-3-9(16-13(20)7-15)6-11(8)24(22,23)18-10-4-5-12(19)17-14(10)21/h2-3,6,10,18H,4-5,7H2,1H3,(H,16,20)(H,17,19,21). The summed E-state index contributed by atoms with van der Waals surface area (Å²) < 4.78 is 27.4. The summed E-state index contributed by atoms with van der Waals surface area (Å²) in [5, 5.41) is 4.55. The van der Waals surface area contributed by atoms with E-state index in [9.17, 15) is 22.8 Å². The van der Waals surface area contributed by atoms with Crippen LogP contribution in [0.4, 0.5) is 5.69 Å². The quantitative estimate of drug-likeness (QED) is 0.504. The molecule has 1 saturated heterocycles. The van der Waals surface area contributed by atoms with Gasteiger partial charge in [-0.25, -0.2) is 8.42 Å². The van der Waals surface area contributed by atoms with E-state index in [2.05, 4.69) is 15.4 Å². The van der Waals surface area contributed by atoms with Gasteiger partial charge in [0, 0.05) is 12.1 Å². The van der Waals surface area contributed by atoms with Gasteiger partial charge in [0.25, 0.3) is 0 Å². The third-order valence-electron chi connectivity index (χ3n) is 3.42. The van der Waals surface area contributed by atoms with Gasteiger partial charge >= 0.3 is 0 Å². The summed E-state index contributed by atoms with van der Waals surface area (Å²) in [5.41, 5.74) is 0.716. The lowest BCUT2D eigenvalue weighted by Gasteiger charge is -2.22. The molecular formula is C14H16ClN3O5S. The highest BCUT2D eigenvalue weighted by Crippen LogP contribution is 2.21. The number of carbonyl (C=O) groups excluding carboxylic acids is 3. The molecule has 0 saturated carbocycles. The molecule has 1 aromatic rings. The Bertz CT molecular complexity index is 794. The fourth-order valence-electron chi connectivity index (χ4n) is 2.22. The molecule has 1 aromatic carbocycles. The second kappa shape index (κ2) is 7.29. The lowest BCUT2D eigenvalue weighted by molar-refractivity contribution is -0.134. The number of imide groups is 1. The summed E-state index contributed by atoms with van der Waals surface area (Å²) in [6.45, 7) is 1.59. The zero-order valence-corrected chi connectivity index (χ0v) is 14.3. The second-order valence-corrected chi connectivity index (χ2v) is 7.24. The fourth-order valence-corrected chi connectivity index (χ4v) is 3.79. The minimum Gasteiger partial charge on any atom is -0.325 e. The third kappa shape index (κ3) is 4.31. The predicted octanol–water partition coefficient (Wildman–Crippen LogP) is 0.256. The van der Waals surface area contributed by atoms with E-state index in [1.54, 1.807) is 13.0 Å². The first-order chi connectivity index (χ1) is 11.2. The largest absolute Gasteiger partial charge is 0.325 e. The molecule has 3 N–H and O–H groups in total. The van der Waals surface area contributed by atoms with Crippen LogP contribution in [0.2, 0.25) is 0 Å². The van der Waals surface area contributed by atoms with Crippen LogP contribution in [0.1, 0.15) is 18.4 Å². The second-order valence-electron chi connectivity index (χ2n) is 5.29. The Morgan fingerprint density at radius 3 is 2.71 bits per heavy atom. The number of anilines is 1. The molecule has 0 aliphatic carbocycles. The van der Waals surface area contributed by atoms with Crippen molar-refractivity contribution in [1.29, 1.82) is 0 Å². The summed E-state index contributed by atoms with van der Waals surface area (Å²) in [4.78, 5) is 34.1. The first-order valence-corrected chi connectivity index (χ1v) is 9.07. The van der Waals surface area contributed by atoms with E-state index >= 15 is 0 Å². The molecule has 0 radical (unpaired) electrons. The van der Waals surface area contributed by atoms with Crippen molar-refractivity contribution in [2.45, 2.75) is 30.7 Å². The summed E-state index contributed by atoms with van der Waals surface area (Å²) >= 11 is 5.40. The van der Waals surface area contributed by atoms with E-state index in [1.807, 2.05) is 0 Å². The Morgan fingerprint density at radius 1 is 1.38 bits per heavy atom. The zero-order chi connectivity index (χ0) is 17.9. The first kappa shape index (κ1) is 18.4. The number of alkyl halides is 1. The number of piperidine rings is 1. The van der Waals surface area contributed by atoms with Gasteiger partial charge in [0.1, 0.15) is 11.9 Å². The maximum Gasteiger partial charge on any atom is 0.244 e. The smallest absolute Gasteiger partial charge is 0.244 e. The molecule has 0 spiro atoms. The fraction of sp³-hybridized carbons (Fsp3) is 0.357. The maximum absolute atomic E-state index is 12.5. The number of halogens is 1. The molecule has 0 aromatic heterocycles. The van der Waals surface area contributed by atoms with E-state index in [4.69, 9.17) is 11.6 Å². The van der Waals surface area contributed by atoms with Gasteiger partial charge in [-0.1, -0.05) is 6.07 Å². The van der Waals surface area contributed by atoms with Crippen molar-refractivity contribution in [2.24, 2.45) is 0 Å². The molecule has 1 unspecified atom stereocenters. The number of amides is 3. The third-order valence-corrected chi connectivity index (χ3v) is 5.28. The SMILES string of the molecule is Cc1ccc(NC(=O)CCl)cc1S(=O)(=O)NC1CCC(=O)NC1=O. The lowest BCUT2D eigenvalue weighted by Crippen LogP contribution is -2.52. The summed E-state index contributed by atoms with van der Waals surface area (Å²) in [7, 11) is -4.01. The zero-order valence-electron chi connectivity index (χ0n) is 12.8. The Balaban J connectivity index is 2.25. The van der Waals surface area contributed by atoms with Crippen molar-refractivity contribution in [3.05, 3.63) is 23.8 Å². The average molecular weight is 374 g/mol. The van der Waals surface area contributed by atoms with E-state index in [0.29, 0.717) is 5.56 Å². The molecule has 10 heteroatoms. The van der Waals surface area contributed by atoms with Crippen LogP contribution in [-0.4, -0.2) is 38.1 Å². The number of carbonyl (C=O) groups is 3. The minimum atomic E-state index is -4.01. The number of hydrogen-bond acceptors (Lipinski definition) is 5. The molecule has 1 fully saturated rings. The molecule has 130 valence electrons. The van der Waals surface area contributed by atoms with Crippen LogP contribution < -0.4 is 15.4 Å². The summed E-state index contributed by atoms with van der Waals surface area (Å²) in [5.74, 6) is -1.84. The molecule has 1 aliphatic rings. The summed E-state index contributed by atoms with van der Waals surface area (Å²) in [6.07, 6.45) is 0.148. The van der Waals surface area contributed by atoms with Crippen molar-refractivity contribution in [1.82, 2.24) is 10.0 Å². The molecule has 2 rings (SSSR count). The Hall–Kier alpha value is -1.97. The van der Waals surface area contributed by atoms with E-state index in [1.165, 1.54) is 12.1 Å². The van der Waals surface area contributed by atoms with Gasteiger partial charge in [0.15, 0.2) is 0 Å². The van der Waals surface area contributed by atoms with Crippen molar-refractivity contribution < 1.29 is 22.8 Å². The lowest BCUT2D eigenvalue weighted by atomic mass is 10.1. The number of sulfonamides is 1. The van der Waals surface area contributed by atoms with Gasteiger partial charge in [0.2, 0.25) is 27.7 Å². The van der Waals surface area contributed by atoms with Gasteiger partial charge in [-0.15, -0.1) is 11.6 Å². The summed E-state index contributed by atoms with van der Waals surface area (Å²) in [6, 6.07) is 3.34. The highest BCUT2D eigenvalue weighted by atomic mass is 35.5. The number of aryl methyl sites for hydroxylation is 1. The molecule has 24 heavy (non-hydrogen) atoms. The molecule has 8 nitrogen and oxygen atoms in total. The Labute approximate surface area is 144 Å². The molecule has 1 heterocycles. The van der Waals surface area contributed by atoms with Crippen LogP contribution >= 0.6 is 11.6 Å². The maximum atomic E-state index is 12.5. The van der Waals surface area contributed by atoms with Gasteiger partial charge in [0.05, 0.1) is 4.90 Å². The van der Waals surface area contributed by atoms with Crippen molar-refractivity contribution >= 4 is 45.0 Å². The molecule has 3 amide bonds. The van der Waals surface area contributed by atoms with Crippen molar-refractivity contribution in [2.75, 3.05) is 11.2 Å². The van der Waals surface area contributed by atoms with E-state index in [0.717, 1.165) is 0 Å². The van der Waals surface area contributed by atoms with Gasteiger partial charge in [-0.05, 0) is 31.0 Å². The monoisotopic (exact) mass is 373 g/mol. The Morgan fingerprint density at radius 2 is 2.08 bits per heavy atom. The van der Waals surface area contributed by atoms with Crippen LogP contribution in [-0.2, 0) is 24.4 Å². The highest BCUT2D eigenvalue weighted by molar-refractivity contribution is 7.89. The predicted molar refractivity (Wildman–Crippen MR) is 87.0 cm³/mol. The van der Waals surface area contributed by atoms with Crippen LogP contribution in [0.25, 0.3) is 0 Å². The Kier molecular flexibility index (Phi) is 5.58. The van der Waals surface area contributed by atoms with Crippen molar-refractivity contribution in [3.63, 3.8) is 0 Å². The molecule has 1 aliphatic heterocycles. The van der Waals surface area contributed by atoms with E-state index < -0.39 is 33.8 Å². The highest BCUT2D eigenvalue weighted by Gasteiger charge is 2.31. The van der Waals surface area contributed by atoms with Crippen LogP contribution in [0, 0.1) is 6.92 Å². The van der Waals surface area contributed by atoms with E-state index in [-0.39, 0.29) is 29.3 Å². The molecular weight excluding hydrogens is 358 g/mol. The van der Waals surface area contributed by atoms with Crippen LogP contribution in [0.3, 0.4) is 0 Å². The molecule has 1 atom stereocenters. The number of nitrogens with one attached hydrogen (secondary N) is 3. The van der Waals surface area contributed by atoms with Crippen LogP contribution in [0.15, 0.2) is 23.1 Å². The number of benzene rings is 1. The van der Waals surface area contributed by atoms with Gasteiger partial charge < -0.3 is 5.32 Å². The van der Waals surface area contributed by atoms with Crippen molar-refractivity contribution in [3.8, 4) is 0 Å². The van der Waals surface area contributed by atoms with Crippen LogP contribution in [0.5, 0.6) is 0 Å². The topological polar surface area (TPSA) is 121 Å². The van der Waals surface area contributed by atoms with Gasteiger partial charge in [-0.2, -0.15) is 4.72 Å². The number of rotatable bonds is 5. The molecule has 0 bridgehead atoms. The normalized spacial score (nSPS) is 18.2. The first-order valence-electron chi connectivity index (χ1n) is 7.05. The average Bonchev–Trinajstić information content (AvgIpc) is 2.51. The number of hydrogen-bond donors (Lipinski definition) is 3. The minimum absolute atomic E-state index is 0.0593. The van der Waals surface area contributed by atoms with Gasteiger partial charge in [-0.3, -0.25) is 19.7 Å².